The molecule has 4 rings (SSSR count). The van der Waals surface area contributed by atoms with E-state index >= 15 is 0 Å². The topological polar surface area (TPSA) is 130 Å². The normalized spacial score (nSPS) is 14.1. The van der Waals surface area contributed by atoms with E-state index < -0.39 is 10.0 Å². The van der Waals surface area contributed by atoms with E-state index in [-0.39, 0.29) is 5.75 Å². The van der Waals surface area contributed by atoms with E-state index in [2.05, 4.69) is 49.3 Å². The predicted molar refractivity (Wildman–Crippen MR) is 131 cm³/mol. The Bertz CT molecular complexity index is 1210. The van der Waals surface area contributed by atoms with Gasteiger partial charge in [0.25, 0.3) is 0 Å². The molecule has 0 unspecified atom stereocenters. The summed E-state index contributed by atoms with van der Waals surface area (Å²) in [6.45, 7) is 0.668. The van der Waals surface area contributed by atoms with Crippen molar-refractivity contribution in [2.75, 3.05) is 11.5 Å². The fourth-order valence-corrected chi connectivity index (χ4v) is 6.32. The molecule has 0 saturated carbocycles. The minimum Gasteiger partial charge on any atom is -0.382 e. The van der Waals surface area contributed by atoms with E-state index in [0.29, 0.717) is 29.9 Å². The van der Waals surface area contributed by atoms with Gasteiger partial charge < -0.3 is 10.3 Å². The third kappa shape index (κ3) is 5.49. The molecule has 1 aromatic carbocycles. The summed E-state index contributed by atoms with van der Waals surface area (Å²) in [6.07, 6.45) is 8.30. The number of aromatic nitrogens is 4. The lowest BCUT2D eigenvalue weighted by Gasteiger charge is -2.18. The average Bonchev–Trinajstić information content (AvgIpc) is 3.06. The maximum absolute atomic E-state index is 11.2. The smallest absolute Gasteiger partial charge is 0.209 e. The van der Waals surface area contributed by atoms with Gasteiger partial charge in [-0.1, -0.05) is 18.2 Å². The van der Waals surface area contributed by atoms with Crippen molar-refractivity contribution in [1.82, 2.24) is 19.5 Å². The molecule has 2 aromatic heterocycles. The first-order valence-corrected chi connectivity index (χ1v) is 13.9. The average molecular weight is 572 g/mol. The predicted octanol–water partition coefficient (Wildman–Crippen LogP) is 3.50. The van der Waals surface area contributed by atoms with E-state index in [1.165, 1.54) is 38.8 Å². The van der Waals surface area contributed by atoms with Crippen molar-refractivity contribution in [2.45, 2.75) is 61.5 Å². The Hall–Kier alpha value is -1.44. The molecule has 0 aliphatic heterocycles. The fourth-order valence-electron chi connectivity index (χ4n) is 3.87. The van der Waals surface area contributed by atoms with Crippen LogP contribution in [0.3, 0.4) is 0 Å². The molecule has 31 heavy (non-hydrogen) atoms. The summed E-state index contributed by atoms with van der Waals surface area (Å²) < 4.78 is 25.6. The number of nitrogen functional groups attached to an aromatic ring is 1. The fraction of sp³-hybridized carbons (Fsp3) is 0.450. The highest BCUT2D eigenvalue weighted by Gasteiger charge is 2.19. The zero-order chi connectivity index (χ0) is 22.0. The third-order valence-corrected chi connectivity index (χ3v) is 8.60. The number of sulfonamides is 1. The highest BCUT2D eigenvalue weighted by Crippen LogP contribution is 2.36. The number of fused-ring (bicyclic) bond motifs is 2. The Kier molecular flexibility index (Phi) is 7.04. The van der Waals surface area contributed by atoms with Crippen LogP contribution in [0.2, 0.25) is 0 Å². The number of benzene rings is 1. The Balaban J connectivity index is 1.60. The highest BCUT2D eigenvalue weighted by molar-refractivity contribution is 14.1. The van der Waals surface area contributed by atoms with Gasteiger partial charge in [-0.25, -0.2) is 28.5 Å². The number of anilines is 1. The molecule has 2 heterocycles. The van der Waals surface area contributed by atoms with Gasteiger partial charge in [0.15, 0.2) is 22.1 Å². The Labute approximate surface area is 199 Å². The van der Waals surface area contributed by atoms with Crippen molar-refractivity contribution in [3.05, 3.63) is 33.2 Å². The van der Waals surface area contributed by atoms with Crippen molar-refractivity contribution in [1.29, 1.82) is 0 Å². The minimum absolute atomic E-state index is 0.00171. The standard InChI is InChI=1S/C20H25IN6O2S2/c21-15-10-13-6-2-3-7-14(13)11-16(15)30-20-26-17-18(22)24-12-25-19(17)27(20)8-4-1-5-9-31(23,28)29/h10-12H,1-9H2,(H2,22,24,25)(H2,23,28,29). The van der Waals surface area contributed by atoms with Crippen molar-refractivity contribution >= 4 is 61.4 Å². The summed E-state index contributed by atoms with van der Waals surface area (Å²) in [5.41, 5.74) is 10.2. The van der Waals surface area contributed by atoms with Gasteiger partial charge in [-0.3, -0.25) is 0 Å². The molecule has 0 atom stereocenters. The Morgan fingerprint density at radius 2 is 1.84 bits per heavy atom. The molecular formula is C20H25IN6O2S2. The number of unbranched alkanes of at least 4 members (excludes halogenated alkanes) is 2. The molecule has 0 amide bonds. The zero-order valence-corrected chi connectivity index (χ0v) is 20.8. The van der Waals surface area contributed by atoms with Gasteiger partial charge in [-0.15, -0.1) is 0 Å². The second-order valence-electron chi connectivity index (χ2n) is 7.77. The number of imidazole rings is 1. The Morgan fingerprint density at radius 3 is 2.58 bits per heavy atom. The van der Waals surface area contributed by atoms with Gasteiger partial charge in [0.1, 0.15) is 6.33 Å². The molecule has 4 N–H and O–H groups in total. The van der Waals surface area contributed by atoms with E-state index in [0.717, 1.165) is 30.8 Å². The Morgan fingerprint density at radius 1 is 1.10 bits per heavy atom. The number of rotatable bonds is 8. The van der Waals surface area contributed by atoms with Crippen molar-refractivity contribution in [3.8, 4) is 0 Å². The SMILES string of the molecule is Nc1ncnc2c1nc(Sc1cc3c(cc1I)CCCC3)n2CCCCCS(N)(=O)=O. The molecule has 1 aliphatic rings. The first-order valence-electron chi connectivity index (χ1n) is 10.3. The van der Waals surface area contributed by atoms with Crippen LogP contribution >= 0.6 is 34.4 Å². The van der Waals surface area contributed by atoms with E-state index in [1.54, 1.807) is 11.8 Å². The van der Waals surface area contributed by atoms with E-state index in [4.69, 9.17) is 15.9 Å². The number of nitrogens with two attached hydrogens (primary N) is 2. The van der Waals surface area contributed by atoms with Crippen LogP contribution in [0.25, 0.3) is 11.2 Å². The van der Waals surface area contributed by atoms with Crippen LogP contribution < -0.4 is 10.9 Å². The van der Waals surface area contributed by atoms with Crippen LogP contribution in [0.15, 0.2) is 28.5 Å². The van der Waals surface area contributed by atoms with Gasteiger partial charge in [-0.2, -0.15) is 0 Å². The summed E-state index contributed by atoms with van der Waals surface area (Å²) in [5, 5.41) is 5.92. The van der Waals surface area contributed by atoms with Crippen LogP contribution in [0, 0.1) is 3.57 Å². The molecule has 0 saturated heterocycles. The molecule has 0 fully saturated rings. The molecule has 0 radical (unpaired) electrons. The van der Waals surface area contributed by atoms with Crippen molar-refractivity contribution in [2.24, 2.45) is 5.14 Å². The summed E-state index contributed by atoms with van der Waals surface area (Å²) in [4.78, 5) is 14.4. The first-order chi connectivity index (χ1) is 14.8. The largest absolute Gasteiger partial charge is 0.382 e. The molecular weight excluding hydrogens is 547 g/mol. The number of halogens is 1. The number of hydrogen-bond acceptors (Lipinski definition) is 7. The molecule has 3 aromatic rings. The lowest BCUT2D eigenvalue weighted by Crippen LogP contribution is -2.16. The second-order valence-corrected chi connectivity index (χ2v) is 11.7. The van der Waals surface area contributed by atoms with Gasteiger partial charge in [-0.05, 0) is 84.4 Å². The molecule has 11 heteroatoms. The molecule has 0 bridgehead atoms. The summed E-state index contributed by atoms with van der Waals surface area (Å²) in [5.74, 6) is 0.363. The van der Waals surface area contributed by atoms with Crippen LogP contribution in [0.1, 0.15) is 43.2 Å². The van der Waals surface area contributed by atoms with Crippen LogP contribution in [0.5, 0.6) is 0 Å². The number of aryl methyl sites for hydroxylation is 3. The van der Waals surface area contributed by atoms with Gasteiger partial charge in [0, 0.05) is 15.0 Å². The molecule has 166 valence electrons. The van der Waals surface area contributed by atoms with Crippen molar-refractivity contribution < 1.29 is 8.42 Å². The monoisotopic (exact) mass is 572 g/mol. The summed E-state index contributed by atoms with van der Waals surface area (Å²) in [7, 11) is -3.42. The van der Waals surface area contributed by atoms with Gasteiger partial charge >= 0.3 is 0 Å². The lowest BCUT2D eigenvalue weighted by molar-refractivity contribution is 0.565. The van der Waals surface area contributed by atoms with E-state index in [1.807, 2.05) is 0 Å². The maximum atomic E-state index is 11.2. The number of primary sulfonamides is 1. The van der Waals surface area contributed by atoms with Crippen molar-refractivity contribution in [3.63, 3.8) is 0 Å². The van der Waals surface area contributed by atoms with Crippen LogP contribution in [0.4, 0.5) is 5.82 Å². The third-order valence-electron chi connectivity index (χ3n) is 5.43. The molecule has 8 nitrogen and oxygen atoms in total. The van der Waals surface area contributed by atoms with Gasteiger partial charge in [0.2, 0.25) is 10.0 Å². The van der Waals surface area contributed by atoms with Crippen LogP contribution in [-0.4, -0.2) is 33.7 Å². The highest BCUT2D eigenvalue weighted by atomic mass is 127. The molecule has 0 spiro atoms. The summed E-state index contributed by atoms with van der Waals surface area (Å²) in [6, 6.07) is 4.59. The lowest BCUT2D eigenvalue weighted by atomic mass is 9.92. The number of hydrogen-bond donors (Lipinski definition) is 2. The van der Waals surface area contributed by atoms with Gasteiger partial charge in [0.05, 0.1) is 5.75 Å². The minimum atomic E-state index is -3.42. The maximum Gasteiger partial charge on any atom is 0.209 e. The first kappa shape index (κ1) is 22.7. The summed E-state index contributed by atoms with van der Waals surface area (Å²) >= 11 is 4.02. The van der Waals surface area contributed by atoms with Crippen LogP contribution in [-0.2, 0) is 29.4 Å². The quantitative estimate of drug-likeness (QED) is 0.312. The van der Waals surface area contributed by atoms with E-state index in [9.17, 15) is 8.42 Å². The second kappa shape index (κ2) is 9.59. The zero-order valence-electron chi connectivity index (χ0n) is 17.1. The number of nitrogens with zero attached hydrogens (tertiary/aromatic N) is 4. The molecule has 1 aliphatic carbocycles.